The van der Waals surface area contributed by atoms with Crippen molar-refractivity contribution < 1.29 is 62.3 Å². The Morgan fingerprint density at radius 3 is 2.12 bits per heavy atom. The molecule has 2 fully saturated rings. The molecular formula is C65H84ClFN10O12S. The fourth-order valence-corrected chi connectivity index (χ4v) is 11.9. The lowest BCUT2D eigenvalue weighted by Crippen LogP contribution is -2.58. The van der Waals surface area contributed by atoms with Gasteiger partial charge in [0.25, 0.3) is 0 Å². The summed E-state index contributed by atoms with van der Waals surface area (Å²) in [7, 11) is 3.34. The number of aryl methyl sites for hydroxylation is 1. The van der Waals surface area contributed by atoms with Gasteiger partial charge in [0, 0.05) is 90.2 Å². The highest BCUT2D eigenvalue weighted by Gasteiger charge is 2.45. The van der Waals surface area contributed by atoms with Crippen LogP contribution in [0.1, 0.15) is 77.1 Å². The highest BCUT2D eigenvalue weighted by Crippen LogP contribution is 2.43. The zero-order valence-corrected chi connectivity index (χ0v) is 53.9. The molecule has 0 aliphatic carbocycles. The normalized spacial score (nSPS) is 16.0. The number of fused-ring (bicyclic) bond motifs is 2. The van der Waals surface area contributed by atoms with E-state index < -0.39 is 41.2 Å². The first kappa shape index (κ1) is 68.7. The number of nitrogens with one attached hydrogen (secondary N) is 3. The Bertz CT molecular complexity index is 3420. The number of piperazine rings is 1. The molecule has 25 heteroatoms. The highest BCUT2D eigenvalue weighted by atomic mass is 35.5. The number of anilines is 2. The number of aliphatic hydroxyl groups is 1. The number of aromatic nitrogens is 3. The number of thiazole rings is 1. The number of aromatic hydroxyl groups is 1. The molecule has 0 bridgehead atoms. The molecule has 5 N–H and O–H groups in total. The summed E-state index contributed by atoms with van der Waals surface area (Å²) < 4.78 is 45.1. The quantitative estimate of drug-likeness (QED) is 0.0263. The maximum absolute atomic E-state index is 17.0. The van der Waals surface area contributed by atoms with Crippen molar-refractivity contribution in [2.24, 2.45) is 5.41 Å². The molecule has 0 radical (unpaired) electrons. The number of nitrogens with zero attached hydrogens (tertiary/aromatic N) is 7. The molecule has 2 aromatic heterocycles. The van der Waals surface area contributed by atoms with Gasteiger partial charge in [-0.2, -0.15) is 4.98 Å². The lowest BCUT2D eigenvalue weighted by molar-refractivity contribution is -0.144. The molecular weight excluding hydrogens is 1200 g/mol. The number of unbranched alkanes of at least 4 members (excludes halogenated alkanes) is 1. The molecule has 5 amide bonds. The van der Waals surface area contributed by atoms with Gasteiger partial charge in [-0.15, -0.1) is 11.3 Å². The van der Waals surface area contributed by atoms with Crippen LogP contribution in [0.3, 0.4) is 0 Å². The van der Waals surface area contributed by atoms with Crippen molar-refractivity contribution in [3.8, 4) is 27.3 Å². The van der Waals surface area contributed by atoms with Crippen molar-refractivity contribution in [3.63, 3.8) is 0 Å². The Morgan fingerprint density at radius 1 is 0.822 bits per heavy atom. The summed E-state index contributed by atoms with van der Waals surface area (Å²) in [6.07, 6.45) is 1.06. The van der Waals surface area contributed by atoms with Gasteiger partial charge in [-0.25, -0.2) is 14.4 Å². The summed E-state index contributed by atoms with van der Waals surface area (Å²) in [5.74, 6) is -1.55. The first-order valence-electron chi connectivity index (χ1n) is 30.5. The minimum Gasteiger partial charge on any atom is -0.508 e. The van der Waals surface area contributed by atoms with E-state index in [1.165, 1.54) is 15.9 Å². The lowest BCUT2D eigenvalue weighted by atomic mass is 9.85. The number of likely N-dealkylation sites (tertiary alicyclic amines) is 1. The summed E-state index contributed by atoms with van der Waals surface area (Å²) in [4.78, 5) is 87.9. The van der Waals surface area contributed by atoms with Crippen LogP contribution in [0.2, 0.25) is 5.02 Å². The number of amides is 5. The van der Waals surface area contributed by atoms with Gasteiger partial charge in [0.05, 0.1) is 86.1 Å². The second-order valence-corrected chi connectivity index (χ2v) is 25.0. The summed E-state index contributed by atoms with van der Waals surface area (Å²) in [6, 6.07) is 17.7. The number of phenols is 1. The number of phenolic OH excluding ortho intramolecular Hbond substituents is 1. The maximum Gasteiger partial charge on any atom is 0.246 e. The van der Waals surface area contributed by atoms with Crippen LogP contribution in [0, 0.1) is 18.2 Å². The van der Waals surface area contributed by atoms with Gasteiger partial charge in [-0.3, -0.25) is 24.0 Å². The van der Waals surface area contributed by atoms with E-state index in [1.54, 1.807) is 37.6 Å². The Balaban J connectivity index is 0.663. The van der Waals surface area contributed by atoms with Crippen molar-refractivity contribution >= 4 is 85.9 Å². The molecule has 8 rings (SSSR count). The van der Waals surface area contributed by atoms with E-state index in [0.717, 1.165) is 21.7 Å². The van der Waals surface area contributed by atoms with Gasteiger partial charge in [-0.05, 0) is 77.8 Å². The second kappa shape index (κ2) is 32.7. The molecule has 2 saturated heterocycles. The molecule has 486 valence electrons. The number of carbonyl (C=O) groups excluding carboxylic acids is 5. The number of β-amino-alcohol motifs (C(OH)–C–C–N with tert-alkyl or cyclic N) is 1. The molecule has 90 heavy (non-hydrogen) atoms. The van der Waals surface area contributed by atoms with Crippen LogP contribution in [0.5, 0.6) is 5.75 Å². The topological polar surface area (TPSA) is 260 Å². The number of ether oxygens (including phenoxy) is 5. The summed E-state index contributed by atoms with van der Waals surface area (Å²) in [6.45, 7) is 13.8. The molecule has 4 atom stereocenters. The van der Waals surface area contributed by atoms with Gasteiger partial charge >= 0.3 is 0 Å². The van der Waals surface area contributed by atoms with Gasteiger partial charge < -0.3 is 69.4 Å². The molecule has 0 unspecified atom stereocenters. The first-order chi connectivity index (χ1) is 43.2. The zero-order chi connectivity index (χ0) is 64.5. The van der Waals surface area contributed by atoms with Crippen LogP contribution in [-0.4, -0.2) is 207 Å². The monoisotopic (exact) mass is 1280 g/mol. The summed E-state index contributed by atoms with van der Waals surface area (Å²) >= 11 is 8.47. The van der Waals surface area contributed by atoms with Crippen LogP contribution < -0.4 is 20.9 Å². The Hall–Kier alpha value is -7.16. The number of rotatable bonds is 31. The molecule has 4 heterocycles. The standard InChI is InChI=1S/C65H84ClFN10O12S/c1-41(43-15-17-44(18-16-43)59-42(2)69-40-90-59)70-62(83)52-36-47(79)38-77(52)63(84)60(65(3,4)5)71-53(80)39-89-33-32-88-31-30-87-29-28-86-27-26-85-25-11-10-14-55(82)75-21-23-76(24-22-75)61-50-37-51(66)56(49-35-46(78)34-45-12-8-9-13-48(45)49)57(67)58(50)72-64(73-61)68-20-19-54(81)74(6)7/h8-9,12-13,15-18,34-35,37,40-41,47,52,60,78-79H,10-11,14,19-33,36,38-39H2,1-7H3,(H,70,83)(H,71,80)(H,68,72,73)/t41-,47+,52-,60+/m0/s1. The van der Waals surface area contributed by atoms with Crippen LogP contribution in [0.4, 0.5) is 16.2 Å². The van der Waals surface area contributed by atoms with Crippen LogP contribution in [0.25, 0.3) is 43.2 Å². The number of hydrogen-bond acceptors (Lipinski definition) is 18. The van der Waals surface area contributed by atoms with E-state index >= 15 is 4.39 Å². The highest BCUT2D eigenvalue weighted by molar-refractivity contribution is 7.13. The maximum atomic E-state index is 17.0. The molecule has 2 aliphatic rings. The molecule has 0 saturated carbocycles. The molecule has 4 aromatic carbocycles. The second-order valence-electron chi connectivity index (χ2n) is 23.7. The van der Waals surface area contributed by atoms with Crippen molar-refractivity contribution in [2.75, 3.05) is 130 Å². The van der Waals surface area contributed by atoms with E-state index in [9.17, 15) is 34.2 Å². The molecule has 6 aromatic rings. The number of hydrogen-bond donors (Lipinski definition) is 5. The van der Waals surface area contributed by atoms with Gasteiger partial charge in [0.2, 0.25) is 35.5 Å². The van der Waals surface area contributed by atoms with E-state index in [0.29, 0.717) is 119 Å². The third-order valence-electron chi connectivity index (χ3n) is 15.7. The van der Waals surface area contributed by atoms with E-state index in [-0.39, 0.29) is 97.3 Å². The van der Waals surface area contributed by atoms with E-state index in [2.05, 4.69) is 25.9 Å². The van der Waals surface area contributed by atoms with Crippen LogP contribution in [-0.2, 0) is 47.7 Å². The Kier molecular flexibility index (Phi) is 25.0. The average molecular weight is 1280 g/mol. The SMILES string of the molecule is Cc1ncsc1-c1ccc([C@H](C)NC(=O)[C@@H]2C[C@@H](O)CN2C(=O)[C@@H](NC(=O)COCCOCCOCCOCCOCCCCC(=O)N2CCN(c3nc(NCCC(=O)N(C)C)nc4c(F)c(-c5cc(O)cc6ccccc56)c(Cl)cc34)CC2)C(C)(C)C)cc1. The zero-order valence-electron chi connectivity index (χ0n) is 52.4. The van der Waals surface area contributed by atoms with E-state index in [1.807, 2.05) is 98.5 Å². The molecule has 0 spiro atoms. The van der Waals surface area contributed by atoms with Crippen molar-refractivity contribution in [2.45, 2.75) is 91.0 Å². The van der Waals surface area contributed by atoms with Gasteiger partial charge in [-0.1, -0.05) is 80.9 Å². The van der Waals surface area contributed by atoms with Crippen LogP contribution in [0.15, 0.2) is 72.2 Å². The minimum atomic E-state index is -0.992. The third kappa shape index (κ3) is 18.5. The van der Waals surface area contributed by atoms with E-state index in [4.69, 9.17) is 40.3 Å². The van der Waals surface area contributed by atoms with Gasteiger partial charge in [0.1, 0.15) is 35.8 Å². The number of aliphatic hydroxyl groups excluding tert-OH is 1. The predicted octanol–water partition coefficient (Wildman–Crippen LogP) is 7.54. The number of halogens is 2. The average Bonchev–Trinajstić information content (AvgIpc) is 0.976. The Morgan fingerprint density at radius 2 is 1.48 bits per heavy atom. The van der Waals surface area contributed by atoms with Crippen molar-refractivity contribution in [3.05, 3.63) is 94.3 Å². The van der Waals surface area contributed by atoms with Crippen molar-refractivity contribution in [1.82, 2.24) is 40.3 Å². The summed E-state index contributed by atoms with van der Waals surface area (Å²) in [5, 5.41) is 32.1. The fraction of sp³-hybridized carbons (Fsp3) is 0.508. The summed E-state index contributed by atoms with van der Waals surface area (Å²) in [5.41, 5.74) is 4.48. The first-order valence-corrected chi connectivity index (χ1v) is 31.8. The largest absolute Gasteiger partial charge is 0.508 e. The lowest BCUT2D eigenvalue weighted by Gasteiger charge is -2.36. The molecule has 2 aliphatic heterocycles. The number of carbonyl (C=O) groups is 5. The van der Waals surface area contributed by atoms with Crippen LogP contribution >= 0.6 is 22.9 Å². The Labute approximate surface area is 533 Å². The van der Waals surface area contributed by atoms with Crippen molar-refractivity contribution in [1.29, 1.82) is 0 Å². The minimum absolute atomic E-state index is 0.0229. The third-order valence-corrected chi connectivity index (χ3v) is 17.0. The smallest absolute Gasteiger partial charge is 0.246 e. The predicted molar refractivity (Wildman–Crippen MR) is 344 cm³/mol. The van der Waals surface area contributed by atoms with Gasteiger partial charge in [0.15, 0.2) is 5.82 Å². The fourth-order valence-electron chi connectivity index (χ4n) is 10.8. The number of benzene rings is 4. The molecule has 22 nitrogen and oxygen atoms in total.